The highest BCUT2D eigenvalue weighted by Gasteiger charge is 2.39. The lowest BCUT2D eigenvalue weighted by atomic mass is 9.84. The molecule has 7 rings (SSSR count). The summed E-state index contributed by atoms with van der Waals surface area (Å²) < 4.78 is 14.3. The highest BCUT2D eigenvalue weighted by Crippen LogP contribution is 2.42. The number of hydrazine groups is 1. The summed E-state index contributed by atoms with van der Waals surface area (Å²) in [4.78, 5) is 86.7. The Balaban J connectivity index is 1.21. The minimum Gasteiger partial charge on any atom is -0.464 e. The molecule has 0 aliphatic carbocycles. The molecule has 6 bridgehead atoms. The fourth-order valence-corrected chi connectivity index (χ4v) is 10.6. The maximum absolute atomic E-state index is 14.7. The van der Waals surface area contributed by atoms with Crippen molar-refractivity contribution in [2.24, 2.45) is 11.3 Å². The van der Waals surface area contributed by atoms with Crippen molar-refractivity contribution in [3.8, 4) is 22.5 Å². The second-order valence-corrected chi connectivity index (χ2v) is 20.7. The fourth-order valence-electron chi connectivity index (χ4n) is 9.71. The first-order valence-corrected chi connectivity index (χ1v) is 24.9. The van der Waals surface area contributed by atoms with Crippen LogP contribution < -0.4 is 10.7 Å². The van der Waals surface area contributed by atoms with Crippen molar-refractivity contribution >= 4 is 52.0 Å². The number of cyclic esters (lactones) is 1. The Morgan fingerprint density at radius 2 is 1.78 bits per heavy atom. The minimum atomic E-state index is -1.08. The van der Waals surface area contributed by atoms with Crippen LogP contribution in [0.4, 0.5) is 4.79 Å². The first kappa shape index (κ1) is 50.4. The van der Waals surface area contributed by atoms with E-state index >= 15 is 0 Å². The molecule has 17 nitrogen and oxygen atoms in total. The first-order chi connectivity index (χ1) is 32.4. The van der Waals surface area contributed by atoms with Gasteiger partial charge in [0.1, 0.15) is 18.1 Å². The van der Waals surface area contributed by atoms with Gasteiger partial charge in [-0.25, -0.2) is 15.2 Å². The molecule has 0 radical (unpaired) electrons. The topological polar surface area (TPSA) is 175 Å². The van der Waals surface area contributed by atoms with Crippen molar-refractivity contribution in [2.75, 3.05) is 74.1 Å². The van der Waals surface area contributed by atoms with E-state index in [0.29, 0.717) is 76.5 Å². The summed E-state index contributed by atoms with van der Waals surface area (Å²) in [6.45, 7) is 15.4. The van der Waals surface area contributed by atoms with Gasteiger partial charge in [0.2, 0.25) is 11.8 Å². The molecular formula is C50H70N10O7S. The number of nitrogens with zero attached hydrogens (tertiary/aromatic N) is 8. The van der Waals surface area contributed by atoms with E-state index in [1.807, 2.05) is 51.2 Å². The van der Waals surface area contributed by atoms with Gasteiger partial charge in [-0.2, -0.15) is 0 Å². The largest absolute Gasteiger partial charge is 0.464 e. The molecule has 2 fully saturated rings. The maximum Gasteiger partial charge on any atom is 0.324 e. The molecular weight excluding hydrogens is 885 g/mol. The minimum absolute atomic E-state index is 0.0511. The van der Waals surface area contributed by atoms with Crippen LogP contribution in [0.1, 0.15) is 83.2 Å². The van der Waals surface area contributed by atoms with Crippen LogP contribution >= 0.6 is 11.3 Å². The van der Waals surface area contributed by atoms with Gasteiger partial charge in [0.05, 0.1) is 34.8 Å². The molecule has 368 valence electrons. The van der Waals surface area contributed by atoms with E-state index in [1.54, 1.807) is 30.2 Å². The zero-order valence-electron chi connectivity index (χ0n) is 41.5. The number of carbonyl (C=O) groups is 5. The van der Waals surface area contributed by atoms with E-state index in [2.05, 4.69) is 60.3 Å². The normalized spacial score (nSPS) is 20.0. The monoisotopic (exact) mass is 955 g/mol. The van der Waals surface area contributed by atoms with Gasteiger partial charge in [-0.15, -0.1) is 11.3 Å². The second kappa shape index (κ2) is 21.5. The number of pyridine rings is 1. The van der Waals surface area contributed by atoms with Crippen molar-refractivity contribution in [3.05, 3.63) is 58.2 Å². The summed E-state index contributed by atoms with van der Waals surface area (Å²) in [5.74, 6) is -1.62. The number of urea groups is 1. The third-order valence-corrected chi connectivity index (χ3v) is 14.3. The summed E-state index contributed by atoms with van der Waals surface area (Å²) in [7, 11) is 7.15. The Kier molecular flexibility index (Phi) is 15.9. The quantitative estimate of drug-likeness (QED) is 0.185. The number of aryl methyl sites for hydroxylation is 1. The summed E-state index contributed by atoms with van der Waals surface area (Å²) >= 11 is 1.41. The molecule has 18 heteroatoms. The van der Waals surface area contributed by atoms with Crippen LogP contribution in [0.5, 0.6) is 0 Å². The highest BCUT2D eigenvalue weighted by atomic mass is 32.1. The molecule has 68 heavy (non-hydrogen) atoms. The number of nitrogens with one attached hydrogen (secondary N) is 2. The number of piperazine rings is 1. The van der Waals surface area contributed by atoms with E-state index in [1.165, 1.54) is 21.2 Å². The lowest BCUT2D eigenvalue weighted by Crippen LogP contribution is -2.63. The van der Waals surface area contributed by atoms with Crippen LogP contribution in [-0.2, 0) is 48.0 Å². The number of esters is 1. The van der Waals surface area contributed by atoms with Crippen LogP contribution in [0.25, 0.3) is 33.4 Å². The summed E-state index contributed by atoms with van der Waals surface area (Å²) in [6.07, 6.45) is 3.60. The molecule has 2 saturated heterocycles. The van der Waals surface area contributed by atoms with Crippen LogP contribution in [-0.4, -0.2) is 161 Å². The number of likely N-dealkylation sites (N-methyl/N-ethyl adjacent to an activating group) is 1. The van der Waals surface area contributed by atoms with Gasteiger partial charge in [0.15, 0.2) is 0 Å². The number of thiazole rings is 1. The Bertz CT molecular complexity index is 2480. The molecule has 6 heterocycles. The van der Waals surface area contributed by atoms with Gasteiger partial charge in [-0.3, -0.25) is 29.2 Å². The van der Waals surface area contributed by atoms with E-state index in [9.17, 15) is 24.0 Å². The average Bonchev–Trinajstić information content (AvgIpc) is 3.92. The van der Waals surface area contributed by atoms with Gasteiger partial charge in [-0.05, 0) is 83.0 Å². The molecule has 1 unspecified atom stereocenters. The number of amides is 5. The molecule has 4 aromatic rings. The lowest BCUT2D eigenvalue weighted by molar-refractivity contribution is -0.155. The summed E-state index contributed by atoms with van der Waals surface area (Å²) in [5, 5.41) is 8.13. The predicted octanol–water partition coefficient (Wildman–Crippen LogP) is 5.37. The molecule has 5 amide bonds. The van der Waals surface area contributed by atoms with Gasteiger partial charge in [0, 0.05) is 112 Å². The number of carbonyl (C=O) groups excluding carboxylic acids is 5. The van der Waals surface area contributed by atoms with Crippen LogP contribution in [0.2, 0.25) is 0 Å². The van der Waals surface area contributed by atoms with Gasteiger partial charge in [-0.1, -0.05) is 33.8 Å². The number of hydrogen-bond acceptors (Lipinski definition) is 12. The zero-order valence-corrected chi connectivity index (χ0v) is 42.3. The van der Waals surface area contributed by atoms with Crippen LogP contribution in [0.3, 0.4) is 0 Å². The van der Waals surface area contributed by atoms with Gasteiger partial charge < -0.3 is 39.0 Å². The van der Waals surface area contributed by atoms with E-state index < -0.39 is 41.3 Å². The third kappa shape index (κ3) is 11.0. The van der Waals surface area contributed by atoms with Crippen LogP contribution in [0, 0.1) is 11.3 Å². The van der Waals surface area contributed by atoms with Crippen molar-refractivity contribution in [3.63, 3.8) is 0 Å². The van der Waals surface area contributed by atoms with Gasteiger partial charge >= 0.3 is 12.0 Å². The first-order valence-electron chi connectivity index (χ1n) is 24.0. The van der Waals surface area contributed by atoms with Crippen molar-refractivity contribution < 1.29 is 33.4 Å². The number of rotatable bonds is 11. The number of hydrogen-bond donors (Lipinski definition) is 2. The molecule has 1 aromatic carbocycles. The van der Waals surface area contributed by atoms with Crippen molar-refractivity contribution in [1.29, 1.82) is 0 Å². The maximum atomic E-state index is 14.7. The van der Waals surface area contributed by atoms with E-state index in [-0.39, 0.29) is 37.0 Å². The molecule has 3 aliphatic heterocycles. The number of benzene rings is 1. The molecule has 0 saturated carbocycles. The number of fused-ring (bicyclic) bond motifs is 6. The Morgan fingerprint density at radius 3 is 2.47 bits per heavy atom. The van der Waals surface area contributed by atoms with Gasteiger partial charge in [0.25, 0.3) is 5.91 Å². The second-order valence-electron chi connectivity index (χ2n) is 19.8. The molecule has 4 atom stereocenters. The summed E-state index contributed by atoms with van der Waals surface area (Å²) in [5.41, 5.74) is 9.28. The molecule has 3 aromatic heterocycles. The molecule has 3 aliphatic rings. The molecule has 0 spiro atoms. The van der Waals surface area contributed by atoms with Crippen LogP contribution in [0.15, 0.2) is 41.9 Å². The SMILES string of the molecule is CCn1c(-c2cccnc2[C@H](C)OC)c2c3cc(ccc31)-c1csc(n1)C[C@H](NC(=O)C(C(C)C)N(C)C(=O)N1CCN(C(=O)CCN(C)C)CC1)C(=O)N1CCC[C@H](N1)C(=O)OCC(C)(C)C2. The fraction of sp³-hybridized carbons (Fsp3) is 0.580. The Morgan fingerprint density at radius 1 is 1.04 bits per heavy atom. The third-order valence-electron chi connectivity index (χ3n) is 13.4. The Hall–Kier alpha value is -5.43. The highest BCUT2D eigenvalue weighted by molar-refractivity contribution is 7.10. The zero-order chi connectivity index (χ0) is 49.0. The lowest BCUT2D eigenvalue weighted by Gasteiger charge is -2.40. The average molecular weight is 955 g/mol. The van der Waals surface area contributed by atoms with E-state index in [4.69, 9.17) is 19.4 Å². The predicted molar refractivity (Wildman–Crippen MR) is 262 cm³/mol. The number of methoxy groups -OCH3 is 1. The Labute approximate surface area is 404 Å². The van der Waals surface area contributed by atoms with Crippen molar-refractivity contribution in [1.82, 2.24) is 49.9 Å². The standard InChI is InChI=1S/C50H70N10O7S/c1-11-59-40-17-16-33-26-35(40)36(45(59)34-14-12-19-51-43(34)32(4)66-10)28-50(5,6)30-67-48(64)37-15-13-20-60(54-37)47(63)38(27-41-52-39(33)29-68-41)53-46(62)44(31(2)3)56(9)49(65)58-24-22-57(23-25-58)42(61)18-21-55(7)8/h12,14,16-17,19,26,29,31-32,37-38,44,54H,11,13,15,18,20-25,27-28,30H2,1-10H3,(H,53,62)/t32-,37-,38-,44?/m0/s1. The smallest absolute Gasteiger partial charge is 0.324 e. The number of ether oxygens (including phenoxy) is 2. The van der Waals surface area contributed by atoms with Crippen molar-refractivity contribution in [2.45, 2.75) is 104 Å². The molecule has 2 N–H and O–H groups in total. The van der Waals surface area contributed by atoms with E-state index in [0.717, 1.165) is 44.7 Å². The number of aromatic nitrogens is 3. The summed E-state index contributed by atoms with van der Waals surface area (Å²) in [6, 6.07) is 7.31.